The van der Waals surface area contributed by atoms with Crippen LogP contribution in [0.3, 0.4) is 0 Å². The highest BCUT2D eigenvalue weighted by Gasteiger charge is 2.26. The third kappa shape index (κ3) is 3.94. The molecule has 2 aliphatic rings. The molecular formula is C14H29N3. The molecule has 1 aliphatic carbocycles. The smallest absolute Gasteiger partial charge is 0.0110 e. The van der Waals surface area contributed by atoms with E-state index in [1.54, 1.807) is 0 Å². The topological polar surface area (TPSA) is 18.5 Å². The summed E-state index contributed by atoms with van der Waals surface area (Å²) < 4.78 is 0. The van der Waals surface area contributed by atoms with E-state index < -0.39 is 0 Å². The Hall–Kier alpha value is -0.120. The Morgan fingerprint density at radius 3 is 2.59 bits per heavy atom. The Bertz CT molecular complexity index is 212. The van der Waals surface area contributed by atoms with Crippen LogP contribution in [0, 0.1) is 5.92 Å². The highest BCUT2D eigenvalue weighted by atomic mass is 15.2. The monoisotopic (exact) mass is 239 g/mol. The SMILES string of the molecule is CCNC1CCCC1CCN1CCN(C)CC1. The van der Waals surface area contributed by atoms with Crippen molar-refractivity contribution in [3.63, 3.8) is 0 Å². The van der Waals surface area contributed by atoms with Crippen molar-refractivity contribution in [2.24, 2.45) is 5.92 Å². The zero-order chi connectivity index (χ0) is 12.1. The van der Waals surface area contributed by atoms with Gasteiger partial charge in [0, 0.05) is 32.2 Å². The number of piperazine rings is 1. The molecule has 0 bridgehead atoms. The summed E-state index contributed by atoms with van der Waals surface area (Å²) in [6.45, 7) is 9.73. The third-order valence-electron chi connectivity index (χ3n) is 4.54. The first-order valence-electron chi connectivity index (χ1n) is 7.44. The fourth-order valence-corrected chi connectivity index (χ4v) is 3.33. The van der Waals surface area contributed by atoms with Crippen molar-refractivity contribution in [1.29, 1.82) is 0 Å². The zero-order valence-corrected chi connectivity index (χ0v) is 11.6. The number of nitrogens with zero attached hydrogens (tertiary/aromatic N) is 2. The number of likely N-dealkylation sites (N-methyl/N-ethyl adjacent to an activating group) is 1. The van der Waals surface area contributed by atoms with E-state index in [1.807, 2.05) is 0 Å². The summed E-state index contributed by atoms with van der Waals surface area (Å²) in [6, 6.07) is 0.812. The Labute approximate surface area is 107 Å². The lowest BCUT2D eigenvalue weighted by molar-refractivity contribution is 0.144. The van der Waals surface area contributed by atoms with Crippen LogP contribution in [-0.4, -0.2) is 62.2 Å². The van der Waals surface area contributed by atoms with Gasteiger partial charge in [0.25, 0.3) is 0 Å². The van der Waals surface area contributed by atoms with E-state index in [-0.39, 0.29) is 0 Å². The molecule has 2 rings (SSSR count). The Balaban J connectivity index is 1.67. The van der Waals surface area contributed by atoms with Gasteiger partial charge in [-0.2, -0.15) is 0 Å². The van der Waals surface area contributed by atoms with Gasteiger partial charge in [-0.1, -0.05) is 13.3 Å². The van der Waals surface area contributed by atoms with Crippen LogP contribution in [0.15, 0.2) is 0 Å². The van der Waals surface area contributed by atoms with Crippen LogP contribution in [0.2, 0.25) is 0 Å². The average molecular weight is 239 g/mol. The van der Waals surface area contributed by atoms with Crippen LogP contribution in [0.5, 0.6) is 0 Å². The minimum absolute atomic E-state index is 0.812. The van der Waals surface area contributed by atoms with E-state index in [1.165, 1.54) is 58.4 Å². The summed E-state index contributed by atoms with van der Waals surface area (Å²) in [5.41, 5.74) is 0. The largest absolute Gasteiger partial charge is 0.314 e. The van der Waals surface area contributed by atoms with Gasteiger partial charge in [-0.3, -0.25) is 0 Å². The number of rotatable bonds is 5. The van der Waals surface area contributed by atoms with Crippen LogP contribution in [-0.2, 0) is 0 Å². The molecule has 2 unspecified atom stereocenters. The zero-order valence-electron chi connectivity index (χ0n) is 11.6. The molecule has 1 saturated heterocycles. The minimum Gasteiger partial charge on any atom is -0.314 e. The molecule has 0 spiro atoms. The van der Waals surface area contributed by atoms with Crippen LogP contribution < -0.4 is 5.32 Å². The van der Waals surface area contributed by atoms with Crippen LogP contribution >= 0.6 is 0 Å². The lowest BCUT2D eigenvalue weighted by atomic mass is 9.99. The molecule has 2 fully saturated rings. The summed E-state index contributed by atoms with van der Waals surface area (Å²) in [5, 5.41) is 3.66. The van der Waals surface area contributed by atoms with E-state index in [2.05, 4.69) is 29.1 Å². The van der Waals surface area contributed by atoms with Crippen molar-refractivity contribution in [2.75, 3.05) is 46.3 Å². The number of nitrogens with one attached hydrogen (secondary N) is 1. The van der Waals surface area contributed by atoms with E-state index >= 15 is 0 Å². The molecule has 1 saturated carbocycles. The molecule has 0 aromatic carbocycles. The molecule has 0 radical (unpaired) electrons. The highest BCUT2D eigenvalue weighted by Crippen LogP contribution is 2.28. The minimum atomic E-state index is 0.812. The normalized spacial score (nSPS) is 32.1. The predicted molar refractivity (Wildman–Crippen MR) is 73.4 cm³/mol. The van der Waals surface area contributed by atoms with Gasteiger partial charge >= 0.3 is 0 Å². The molecule has 0 amide bonds. The maximum atomic E-state index is 3.66. The molecule has 3 nitrogen and oxygen atoms in total. The lowest BCUT2D eigenvalue weighted by Gasteiger charge is -2.33. The van der Waals surface area contributed by atoms with Crippen molar-refractivity contribution < 1.29 is 0 Å². The van der Waals surface area contributed by atoms with Gasteiger partial charge in [0.05, 0.1) is 0 Å². The van der Waals surface area contributed by atoms with Gasteiger partial charge < -0.3 is 15.1 Å². The van der Waals surface area contributed by atoms with Crippen molar-refractivity contribution in [2.45, 2.75) is 38.6 Å². The molecule has 100 valence electrons. The van der Waals surface area contributed by atoms with E-state index in [0.717, 1.165) is 18.5 Å². The molecule has 0 aromatic rings. The number of hydrogen-bond acceptors (Lipinski definition) is 3. The highest BCUT2D eigenvalue weighted by molar-refractivity contribution is 4.84. The quantitative estimate of drug-likeness (QED) is 0.782. The van der Waals surface area contributed by atoms with Crippen LogP contribution in [0.25, 0.3) is 0 Å². The summed E-state index contributed by atoms with van der Waals surface area (Å²) in [6.07, 6.45) is 5.69. The Morgan fingerprint density at radius 2 is 1.88 bits per heavy atom. The maximum absolute atomic E-state index is 3.66. The van der Waals surface area contributed by atoms with Crippen molar-refractivity contribution in [3.05, 3.63) is 0 Å². The summed E-state index contributed by atoms with van der Waals surface area (Å²) >= 11 is 0. The standard InChI is InChI=1S/C14H29N3/c1-3-15-14-6-4-5-13(14)7-8-17-11-9-16(2)10-12-17/h13-15H,3-12H2,1-2H3. The second-order valence-corrected chi connectivity index (χ2v) is 5.79. The van der Waals surface area contributed by atoms with Crippen LogP contribution in [0.1, 0.15) is 32.6 Å². The average Bonchev–Trinajstić information content (AvgIpc) is 2.77. The second-order valence-electron chi connectivity index (χ2n) is 5.79. The van der Waals surface area contributed by atoms with Gasteiger partial charge in [0.15, 0.2) is 0 Å². The molecule has 17 heavy (non-hydrogen) atoms. The van der Waals surface area contributed by atoms with Gasteiger partial charge in [0.1, 0.15) is 0 Å². The van der Waals surface area contributed by atoms with Gasteiger partial charge in [-0.25, -0.2) is 0 Å². The van der Waals surface area contributed by atoms with Crippen molar-refractivity contribution in [1.82, 2.24) is 15.1 Å². The first kappa shape index (κ1) is 13.3. The molecule has 1 aliphatic heterocycles. The second kappa shape index (κ2) is 6.72. The molecule has 1 N–H and O–H groups in total. The van der Waals surface area contributed by atoms with Gasteiger partial charge in [0.2, 0.25) is 0 Å². The maximum Gasteiger partial charge on any atom is 0.0110 e. The van der Waals surface area contributed by atoms with E-state index in [9.17, 15) is 0 Å². The summed E-state index contributed by atoms with van der Waals surface area (Å²) in [5.74, 6) is 0.939. The lowest BCUT2D eigenvalue weighted by Crippen LogP contribution is -2.45. The number of hydrogen-bond donors (Lipinski definition) is 1. The summed E-state index contributed by atoms with van der Waals surface area (Å²) in [4.78, 5) is 5.09. The predicted octanol–water partition coefficient (Wildman–Crippen LogP) is 1.40. The van der Waals surface area contributed by atoms with Crippen LogP contribution in [0.4, 0.5) is 0 Å². The molecule has 3 heteroatoms. The van der Waals surface area contributed by atoms with E-state index in [0.29, 0.717) is 0 Å². The molecular weight excluding hydrogens is 210 g/mol. The Morgan fingerprint density at radius 1 is 1.12 bits per heavy atom. The van der Waals surface area contributed by atoms with Crippen molar-refractivity contribution in [3.8, 4) is 0 Å². The fraction of sp³-hybridized carbons (Fsp3) is 1.00. The first-order chi connectivity index (χ1) is 8.29. The van der Waals surface area contributed by atoms with Crippen molar-refractivity contribution >= 4 is 0 Å². The van der Waals surface area contributed by atoms with Gasteiger partial charge in [-0.15, -0.1) is 0 Å². The van der Waals surface area contributed by atoms with Gasteiger partial charge in [-0.05, 0) is 45.3 Å². The summed E-state index contributed by atoms with van der Waals surface area (Å²) in [7, 11) is 2.23. The molecule has 2 atom stereocenters. The molecule has 1 heterocycles. The van der Waals surface area contributed by atoms with E-state index in [4.69, 9.17) is 0 Å². The third-order valence-corrected chi connectivity index (χ3v) is 4.54. The molecule has 0 aromatic heterocycles. The first-order valence-corrected chi connectivity index (χ1v) is 7.44. The fourth-order valence-electron chi connectivity index (χ4n) is 3.33. The Kier molecular flexibility index (Phi) is 5.26.